The molecule has 0 radical (unpaired) electrons. The number of fused-ring (bicyclic) bond motifs is 2. The normalized spacial score (nSPS) is 14.1. The number of nitrogens with one attached hydrogen (secondary N) is 1. The number of anilines is 2. The van der Waals surface area contributed by atoms with Crippen molar-refractivity contribution in [3.05, 3.63) is 96.3 Å². The molecule has 0 aliphatic carbocycles. The Balaban J connectivity index is 1.45. The van der Waals surface area contributed by atoms with Crippen LogP contribution in [0.15, 0.2) is 94.7 Å². The lowest BCUT2D eigenvalue weighted by Gasteiger charge is -2.31. The maximum absolute atomic E-state index is 13.3. The molecule has 1 aliphatic heterocycles. The number of aryl methyl sites for hydroxylation is 1. The van der Waals surface area contributed by atoms with Gasteiger partial charge in [-0.05, 0) is 83.8 Å². The van der Waals surface area contributed by atoms with Gasteiger partial charge in [-0.2, -0.15) is 0 Å². The Kier molecular flexibility index (Phi) is 5.53. The molecule has 0 saturated carbocycles. The predicted molar refractivity (Wildman–Crippen MR) is 130 cm³/mol. The first-order valence-corrected chi connectivity index (χ1v) is 13.6. The fourth-order valence-electron chi connectivity index (χ4n) is 4.16. The summed E-state index contributed by atoms with van der Waals surface area (Å²) < 4.78 is 69.5. The first-order chi connectivity index (χ1) is 16.2. The van der Waals surface area contributed by atoms with E-state index in [1.807, 2.05) is 24.3 Å². The van der Waals surface area contributed by atoms with E-state index in [1.165, 1.54) is 16.4 Å². The van der Waals surface area contributed by atoms with Crippen LogP contribution in [0, 0.1) is 5.82 Å². The molecule has 0 atom stereocenters. The number of sulfonamides is 2. The van der Waals surface area contributed by atoms with E-state index in [9.17, 15) is 21.2 Å². The van der Waals surface area contributed by atoms with Gasteiger partial charge in [-0.25, -0.2) is 21.2 Å². The summed E-state index contributed by atoms with van der Waals surface area (Å²) >= 11 is 0. The lowest BCUT2D eigenvalue weighted by Crippen LogP contribution is -2.35. The third-order valence-corrected chi connectivity index (χ3v) is 9.05. The molecule has 9 heteroatoms. The predicted octanol–water partition coefficient (Wildman–Crippen LogP) is 4.92. The summed E-state index contributed by atoms with van der Waals surface area (Å²) in [5.41, 5.74) is 1.56. The van der Waals surface area contributed by atoms with Gasteiger partial charge in [-0.15, -0.1) is 0 Å². The molecular weight excluding hydrogens is 475 g/mol. The first kappa shape index (κ1) is 22.4. The highest BCUT2D eigenvalue weighted by atomic mass is 32.2. The third-order valence-electron chi connectivity index (χ3n) is 5.84. The molecule has 0 amide bonds. The van der Waals surface area contributed by atoms with Gasteiger partial charge >= 0.3 is 0 Å². The van der Waals surface area contributed by atoms with Gasteiger partial charge < -0.3 is 0 Å². The number of halogens is 1. The van der Waals surface area contributed by atoms with E-state index >= 15 is 0 Å². The second-order valence-corrected chi connectivity index (χ2v) is 11.6. The van der Waals surface area contributed by atoms with E-state index in [1.54, 1.807) is 36.4 Å². The highest BCUT2D eigenvalue weighted by Gasteiger charge is 2.29. The molecule has 1 aliphatic rings. The number of rotatable bonds is 5. The summed E-state index contributed by atoms with van der Waals surface area (Å²) in [6.45, 7) is 0.287. The fourth-order valence-corrected chi connectivity index (χ4v) is 6.78. The summed E-state index contributed by atoms with van der Waals surface area (Å²) in [7, 11) is -7.71. The Morgan fingerprint density at radius 3 is 2.24 bits per heavy atom. The molecule has 5 rings (SSSR count). The average Bonchev–Trinajstić information content (AvgIpc) is 2.83. The van der Waals surface area contributed by atoms with E-state index in [2.05, 4.69) is 4.72 Å². The van der Waals surface area contributed by atoms with Crippen molar-refractivity contribution in [1.82, 2.24) is 0 Å². The van der Waals surface area contributed by atoms with Crippen molar-refractivity contribution in [2.45, 2.75) is 22.6 Å². The number of nitrogens with zero attached hydrogens (tertiary/aromatic N) is 1. The number of benzene rings is 4. The zero-order valence-electron chi connectivity index (χ0n) is 18.0. The SMILES string of the molecule is O=S(=O)(Nc1ccc2c(c1)CCCN2S(=O)(=O)c1ccc(F)cc1)c1ccc2ccccc2c1. The molecule has 174 valence electrons. The third kappa shape index (κ3) is 4.12. The zero-order chi connectivity index (χ0) is 23.9. The molecule has 6 nitrogen and oxygen atoms in total. The van der Waals surface area contributed by atoms with E-state index in [4.69, 9.17) is 0 Å². The Morgan fingerprint density at radius 1 is 0.765 bits per heavy atom. The molecule has 0 saturated heterocycles. The summed E-state index contributed by atoms with van der Waals surface area (Å²) in [4.78, 5) is 0.146. The van der Waals surface area contributed by atoms with Crippen LogP contribution in [-0.2, 0) is 26.5 Å². The summed E-state index contributed by atoms with van der Waals surface area (Å²) in [5.74, 6) is -0.513. The van der Waals surface area contributed by atoms with Gasteiger partial charge in [-0.3, -0.25) is 9.03 Å². The molecule has 34 heavy (non-hydrogen) atoms. The quantitative estimate of drug-likeness (QED) is 0.425. The zero-order valence-corrected chi connectivity index (χ0v) is 19.6. The molecule has 1 N–H and O–H groups in total. The van der Waals surface area contributed by atoms with Crippen LogP contribution in [-0.4, -0.2) is 23.4 Å². The van der Waals surface area contributed by atoms with Crippen LogP contribution in [0.25, 0.3) is 10.8 Å². The van der Waals surface area contributed by atoms with Gasteiger partial charge in [0.1, 0.15) is 5.82 Å². The van der Waals surface area contributed by atoms with Gasteiger partial charge in [0, 0.05) is 12.2 Å². The van der Waals surface area contributed by atoms with Crippen molar-refractivity contribution < 1.29 is 21.2 Å². The highest BCUT2D eigenvalue weighted by Crippen LogP contribution is 2.34. The van der Waals surface area contributed by atoms with Crippen molar-refractivity contribution in [2.24, 2.45) is 0 Å². The Morgan fingerprint density at radius 2 is 1.47 bits per heavy atom. The van der Waals surface area contributed by atoms with Gasteiger partial charge in [0.2, 0.25) is 0 Å². The number of hydrogen-bond donors (Lipinski definition) is 1. The molecule has 0 fully saturated rings. The first-order valence-electron chi connectivity index (χ1n) is 10.7. The van der Waals surface area contributed by atoms with Gasteiger partial charge in [0.15, 0.2) is 0 Å². The van der Waals surface area contributed by atoms with Crippen LogP contribution in [0.4, 0.5) is 15.8 Å². The van der Waals surface area contributed by atoms with Gasteiger partial charge in [-0.1, -0.05) is 30.3 Å². The van der Waals surface area contributed by atoms with E-state index in [0.717, 1.165) is 28.5 Å². The van der Waals surface area contributed by atoms with Crippen LogP contribution in [0.1, 0.15) is 12.0 Å². The summed E-state index contributed by atoms with van der Waals surface area (Å²) in [6.07, 6.45) is 1.19. The smallest absolute Gasteiger partial charge is 0.264 e. The lowest BCUT2D eigenvalue weighted by atomic mass is 10.0. The topological polar surface area (TPSA) is 83.6 Å². The molecule has 4 aromatic carbocycles. The molecule has 0 aromatic heterocycles. The van der Waals surface area contributed by atoms with Crippen LogP contribution in [0.5, 0.6) is 0 Å². The van der Waals surface area contributed by atoms with Crippen molar-refractivity contribution in [1.29, 1.82) is 0 Å². The van der Waals surface area contributed by atoms with Crippen LogP contribution in [0.2, 0.25) is 0 Å². The lowest BCUT2D eigenvalue weighted by molar-refractivity contribution is 0.585. The van der Waals surface area contributed by atoms with E-state index in [0.29, 0.717) is 24.2 Å². The van der Waals surface area contributed by atoms with E-state index in [-0.39, 0.29) is 16.3 Å². The van der Waals surface area contributed by atoms with Crippen molar-refractivity contribution in [2.75, 3.05) is 15.6 Å². The van der Waals surface area contributed by atoms with Crippen LogP contribution >= 0.6 is 0 Å². The van der Waals surface area contributed by atoms with Crippen molar-refractivity contribution in [3.8, 4) is 0 Å². The Bertz CT molecular complexity index is 1600. The Labute approximate surface area is 197 Å². The molecular formula is C25H21FN2O4S2. The molecule has 4 aromatic rings. The highest BCUT2D eigenvalue weighted by molar-refractivity contribution is 7.93. The van der Waals surface area contributed by atoms with Crippen molar-refractivity contribution >= 4 is 42.2 Å². The summed E-state index contributed by atoms with van der Waals surface area (Å²) in [6, 6.07) is 22.0. The maximum Gasteiger partial charge on any atom is 0.264 e. The Hall–Kier alpha value is -3.43. The van der Waals surface area contributed by atoms with E-state index < -0.39 is 25.9 Å². The second kappa shape index (κ2) is 8.41. The van der Waals surface area contributed by atoms with Crippen LogP contribution < -0.4 is 9.03 Å². The molecule has 0 bridgehead atoms. The number of hydrogen-bond acceptors (Lipinski definition) is 4. The minimum atomic E-state index is -3.88. The van der Waals surface area contributed by atoms with Crippen molar-refractivity contribution in [3.63, 3.8) is 0 Å². The molecule has 0 unspecified atom stereocenters. The molecule has 1 heterocycles. The fraction of sp³-hybridized carbons (Fsp3) is 0.120. The standard InChI is InChI=1S/C25H21FN2O4S2/c26-21-8-12-23(13-9-21)34(31,32)28-15-3-6-20-16-22(10-14-25(20)28)27-33(29,30)24-11-7-18-4-1-2-5-19(18)17-24/h1-2,4-5,7-14,16-17,27H,3,6,15H2. The summed E-state index contributed by atoms with van der Waals surface area (Å²) in [5, 5.41) is 1.76. The minimum absolute atomic E-state index is 0.00262. The largest absolute Gasteiger partial charge is 0.280 e. The average molecular weight is 497 g/mol. The minimum Gasteiger partial charge on any atom is -0.280 e. The monoisotopic (exact) mass is 496 g/mol. The van der Waals surface area contributed by atoms with Gasteiger partial charge in [0.25, 0.3) is 20.0 Å². The van der Waals surface area contributed by atoms with Gasteiger partial charge in [0.05, 0.1) is 15.5 Å². The second-order valence-electron chi connectivity index (χ2n) is 8.09. The van der Waals surface area contributed by atoms with Crippen LogP contribution in [0.3, 0.4) is 0 Å². The maximum atomic E-state index is 13.3. The molecule has 0 spiro atoms.